The number of hydrogen-bond donors (Lipinski definition) is 2. The zero-order valence-electron chi connectivity index (χ0n) is 23.3. The van der Waals surface area contributed by atoms with Crippen LogP contribution < -0.4 is 10.2 Å². The highest BCUT2D eigenvalue weighted by Crippen LogP contribution is 2.41. The number of carbonyl (C=O) groups excluding carboxylic acids is 1. The standard InChI is InChI=1S/C32H34F4N2O3/c1-19(2)18-38(23-10-12-32(35,36)13-11-23)29-17-27(34)26(25-15-22(33)8-9-24(25)31(40)41)16-28(29)37-30(39)14-21-6-4-20(3)5-7-21/h4-9,15-17,19,23H,10-14,18H2,1-3H3,(H,37,39)(H,40,41). The molecule has 0 radical (unpaired) electrons. The van der Waals surface area contributed by atoms with Crippen LogP contribution in [0.15, 0.2) is 54.6 Å². The number of anilines is 2. The molecule has 0 unspecified atom stereocenters. The molecule has 41 heavy (non-hydrogen) atoms. The molecule has 0 atom stereocenters. The molecule has 1 aliphatic rings. The van der Waals surface area contributed by atoms with Gasteiger partial charge in [0.15, 0.2) is 0 Å². The maximum Gasteiger partial charge on any atom is 0.336 e. The number of nitrogens with zero attached hydrogens (tertiary/aromatic N) is 1. The molecule has 1 amide bonds. The molecular weight excluding hydrogens is 536 g/mol. The van der Waals surface area contributed by atoms with Crippen molar-refractivity contribution in [1.29, 1.82) is 0 Å². The first kappa shape index (κ1) is 30.1. The Bertz CT molecular complexity index is 1410. The lowest BCUT2D eigenvalue weighted by atomic mass is 9.89. The van der Waals surface area contributed by atoms with E-state index in [0.717, 1.165) is 29.3 Å². The number of benzene rings is 3. The minimum Gasteiger partial charge on any atom is -0.478 e. The topological polar surface area (TPSA) is 69.6 Å². The van der Waals surface area contributed by atoms with Crippen molar-refractivity contribution in [2.24, 2.45) is 5.92 Å². The van der Waals surface area contributed by atoms with Gasteiger partial charge >= 0.3 is 5.97 Å². The van der Waals surface area contributed by atoms with Gasteiger partial charge in [0.2, 0.25) is 11.8 Å². The molecule has 3 aromatic carbocycles. The Kier molecular flexibility index (Phi) is 9.05. The minimum absolute atomic E-state index is 0.0204. The Morgan fingerprint density at radius 1 is 1.00 bits per heavy atom. The van der Waals surface area contributed by atoms with Gasteiger partial charge in [-0.2, -0.15) is 0 Å². The predicted molar refractivity (Wildman–Crippen MR) is 152 cm³/mol. The van der Waals surface area contributed by atoms with E-state index in [1.165, 1.54) is 12.1 Å². The Hall–Kier alpha value is -3.88. The van der Waals surface area contributed by atoms with E-state index in [1.807, 2.05) is 49.9 Å². The van der Waals surface area contributed by atoms with E-state index < -0.39 is 29.4 Å². The van der Waals surface area contributed by atoms with Gasteiger partial charge in [0.25, 0.3) is 0 Å². The smallest absolute Gasteiger partial charge is 0.336 e. The molecule has 0 aromatic heterocycles. The number of rotatable bonds is 9. The van der Waals surface area contributed by atoms with Crippen molar-refractivity contribution in [3.05, 3.63) is 82.9 Å². The highest BCUT2D eigenvalue weighted by atomic mass is 19.3. The number of carboxylic acid groups (broad SMARTS) is 1. The molecule has 0 spiro atoms. The van der Waals surface area contributed by atoms with Crippen LogP contribution in [-0.4, -0.2) is 35.5 Å². The second-order valence-corrected chi connectivity index (χ2v) is 11.2. The fourth-order valence-electron chi connectivity index (χ4n) is 5.29. The fraction of sp³-hybridized carbons (Fsp3) is 0.375. The second-order valence-electron chi connectivity index (χ2n) is 11.2. The highest BCUT2D eigenvalue weighted by Gasteiger charge is 2.38. The average molecular weight is 571 g/mol. The number of amides is 1. The molecule has 0 saturated heterocycles. The first-order valence-electron chi connectivity index (χ1n) is 13.7. The van der Waals surface area contributed by atoms with E-state index in [4.69, 9.17) is 0 Å². The van der Waals surface area contributed by atoms with Crippen LogP contribution in [0.1, 0.15) is 61.0 Å². The number of carbonyl (C=O) groups is 2. The fourth-order valence-corrected chi connectivity index (χ4v) is 5.29. The number of hydrogen-bond acceptors (Lipinski definition) is 3. The van der Waals surface area contributed by atoms with Crippen molar-refractivity contribution in [2.75, 3.05) is 16.8 Å². The van der Waals surface area contributed by atoms with E-state index in [0.29, 0.717) is 12.2 Å². The number of nitrogens with one attached hydrogen (secondary N) is 1. The number of alkyl halides is 2. The third-order valence-corrected chi connectivity index (χ3v) is 7.35. The van der Waals surface area contributed by atoms with Crippen LogP contribution in [0.5, 0.6) is 0 Å². The molecule has 3 aromatic rings. The molecule has 9 heteroatoms. The molecule has 4 rings (SSSR count). The lowest BCUT2D eigenvalue weighted by molar-refractivity contribution is -0.115. The summed E-state index contributed by atoms with van der Waals surface area (Å²) in [6, 6.07) is 12.6. The van der Waals surface area contributed by atoms with Crippen LogP contribution in [0.2, 0.25) is 0 Å². The van der Waals surface area contributed by atoms with Gasteiger partial charge in [-0.25, -0.2) is 22.4 Å². The Morgan fingerprint density at radius 2 is 1.66 bits per heavy atom. The molecule has 5 nitrogen and oxygen atoms in total. The zero-order chi connectivity index (χ0) is 29.9. The summed E-state index contributed by atoms with van der Waals surface area (Å²) in [6.45, 7) is 6.25. The average Bonchev–Trinajstić information content (AvgIpc) is 2.89. The lowest BCUT2D eigenvalue weighted by Crippen LogP contribution is -2.43. The summed E-state index contributed by atoms with van der Waals surface area (Å²) in [6.07, 6.45) is -0.202. The van der Waals surface area contributed by atoms with Crippen molar-refractivity contribution < 1.29 is 32.3 Å². The van der Waals surface area contributed by atoms with Crippen LogP contribution in [0.3, 0.4) is 0 Å². The van der Waals surface area contributed by atoms with Gasteiger partial charge in [0.1, 0.15) is 11.6 Å². The number of halogens is 4. The molecule has 1 saturated carbocycles. The Labute approximate surface area is 237 Å². The van der Waals surface area contributed by atoms with Crippen molar-refractivity contribution in [3.63, 3.8) is 0 Å². The first-order valence-corrected chi connectivity index (χ1v) is 13.7. The SMILES string of the molecule is Cc1ccc(CC(=O)Nc2cc(-c3cc(F)ccc3C(=O)O)c(F)cc2N(CC(C)C)C2CCC(F)(F)CC2)cc1. The zero-order valence-corrected chi connectivity index (χ0v) is 23.3. The monoisotopic (exact) mass is 570 g/mol. The molecular formula is C32H34F4N2O3. The molecule has 1 aliphatic carbocycles. The third-order valence-electron chi connectivity index (χ3n) is 7.35. The highest BCUT2D eigenvalue weighted by molar-refractivity contribution is 5.99. The largest absolute Gasteiger partial charge is 0.478 e. The molecule has 0 aliphatic heterocycles. The van der Waals surface area contributed by atoms with E-state index >= 15 is 4.39 Å². The second kappa shape index (κ2) is 12.3. The summed E-state index contributed by atoms with van der Waals surface area (Å²) >= 11 is 0. The number of carboxylic acids is 1. The van der Waals surface area contributed by atoms with Crippen molar-refractivity contribution in [3.8, 4) is 11.1 Å². The van der Waals surface area contributed by atoms with Gasteiger partial charge in [-0.3, -0.25) is 4.79 Å². The quantitative estimate of drug-likeness (QED) is 0.257. The Balaban J connectivity index is 1.81. The predicted octanol–water partition coefficient (Wildman–Crippen LogP) is 7.86. The lowest BCUT2D eigenvalue weighted by Gasteiger charge is -2.40. The summed E-state index contributed by atoms with van der Waals surface area (Å²) in [7, 11) is 0. The third kappa shape index (κ3) is 7.45. The number of aryl methyl sites for hydroxylation is 1. The van der Waals surface area contributed by atoms with Gasteiger partial charge in [0, 0.05) is 36.6 Å². The summed E-state index contributed by atoms with van der Waals surface area (Å²) in [5.41, 5.74) is 1.61. The van der Waals surface area contributed by atoms with Gasteiger partial charge in [0.05, 0.1) is 23.4 Å². The van der Waals surface area contributed by atoms with Gasteiger partial charge in [-0.15, -0.1) is 0 Å². The summed E-state index contributed by atoms with van der Waals surface area (Å²) in [5, 5.41) is 12.5. The summed E-state index contributed by atoms with van der Waals surface area (Å²) < 4.78 is 58.1. The van der Waals surface area contributed by atoms with Crippen LogP contribution in [-0.2, 0) is 11.2 Å². The van der Waals surface area contributed by atoms with E-state index in [2.05, 4.69) is 5.32 Å². The van der Waals surface area contributed by atoms with E-state index in [1.54, 1.807) is 0 Å². The van der Waals surface area contributed by atoms with Crippen LogP contribution in [0.25, 0.3) is 11.1 Å². The van der Waals surface area contributed by atoms with Crippen LogP contribution in [0.4, 0.5) is 28.9 Å². The maximum atomic E-state index is 15.8. The van der Waals surface area contributed by atoms with Gasteiger partial charge in [-0.1, -0.05) is 43.7 Å². The minimum atomic E-state index is -2.76. The van der Waals surface area contributed by atoms with E-state index in [-0.39, 0.29) is 66.4 Å². The van der Waals surface area contributed by atoms with Gasteiger partial charge in [-0.05, 0) is 61.6 Å². The Morgan fingerprint density at radius 3 is 2.27 bits per heavy atom. The summed E-state index contributed by atoms with van der Waals surface area (Å²) in [4.78, 5) is 26.9. The maximum absolute atomic E-state index is 15.8. The van der Waals surface area contributed by atoms with Crippen molar-refractivity contribution in [1.82, 2.24) is 0 Å². The van der Waals surface area contributed by atoms with Gasteiger partial charge < -0.3 is 15.3 Å². The van der Waals surface area contributed by atoms with Crippen LogP contribution in [0, 0.1) is 24.5 Å². The molecule has 2 N–H and O–H groups in total. The molecule has 0 heterocycles. The molecule has 1 fully saturated rings. The van der Waals surface area contributed by atoms with E-state index in [9.17, 15) is 27.9 Å². The first-order chi connectivity index (χ1) is 19.3. The van der Waals surface area contributed by atoms with Crippen molar-refractivity contribution >= 4 is 23.3 Å². The van der Waals surface area contributed by atoms with Crippen molar-refractivity contribution in [2.45, 2.75) is 64.8 Å². The van der Waals surface area contributed by atoms with Crippen LogP contribution >= 0.6 is 0 Å². The number of aromatic carboxylic acids is 1. The summed E-state index contributed by atoms with van der Waals surface area (Å²) in [5.74, 6) is -6.01. The molecule has 0 bridgehead atoms. The molecule has 218 valence electrons. The normalized spacial score (nSPS) is 15.1.